The first kappa shape index (κ1) is 18.8. The summed E-state index contributed by atoms with van der Waals surface area (Å²) in [6.45, 7) is 0.853. The highest BCUT2D eigenvalue weighted by molar-refractivity contribution is 6.42. The molecule has 8 heteroatoms. The van der Waals surface area contributed by atoms with E-state index in [1.807, 2.05) is 30.3 Å². The van der Waals surface area contributed by atoms with Crippen molar-refractivity contribution in [1.82, 2.24) is 15.4 Å². The fourth-order valence-corrected chi connectivity index (χ4v) is 4.11. The Morgan fingerprint density at radius 2 is 2.04 bits per heavy atom. The van der Waals surface area contributed by atoms with Crippen LogP contribution in [0, 0.1) is 0 Å². The summed E-state index contributed by atoms with van der Waals surface area (Å²) in [6.07, 6.45) is 5.07. The first-order valence-electron chi connectivity index (χ1n) is 8.98. The zero-order valence-electron chi connectivity index (χ0n) is 15.1. The molecule has 144 valence electrons. The molecule has 0 radical (unpaired) electrons. The Bertz CT molecular complexity index is 1050. The molecule has 0 spiro atoms. The van der Waals surface area contributed by atoms with Gasteiger partial charge in [-0.3, -0.25) is 5.84 Å². The minimum absolute atomic E-state index is 0.0370. The fraction of sp³-hybridized carbons (Fsp3) is 0.200. The molecule has 0 bridgehead atoms. The van der Waals surface area contributed by atoms with Crippen LogP contribution in [0.5, 0.6) is 0 Å². The van der Waals surface area contributed by atoms with E-state index < -0.39 is 0 Å². The van der Waals surface area contributed by atoms with Crippen LogP contribution in [-0.2, 0) is 0 Å². The largest absolute Gasteiger partial charge is 0.403 e. The van der Waals surface area contributed by atoms with Crippen molar-refractivity contribution in [2.45, 2.75) is 18.9 Å². The Labute approximate surface area is 173 Å². The lowest BCUT2D eigenvalue weighted by atomic mass is 10.00. The van der Waals surface area contributed by atoms with Crippen molar-refractivity contribution in [2.24, 2.45) is 11.6 Å². The van der Waals surface area contributed by atoms with Crippen molar-refractivity contribution in [3.63, 3.8) is 0 Å². The summed E-state index contributed by atoms with van der Waals surface area (Å²) in [7, 11) is 0. The van der Waals surface area contributed by atoms with Gasteiger partial charge in [0.05, 0.1) is 32.7 Å². The summed E-state index contributed by atoms with van der Waals surface area (Å²) in [6, 6.07) is 11.7. The number of rotatable bonds is 4. The summed E-state index contributed by atoms with van der Waals surface area (Å²) in [5.41, 5.74) is 12.1. The number of benzene rings is 2. The third kappa shape index (κ3) is 3.24. The van der Waals surface area contributed by atoms with Crippen LogP contribution >= 0.6 is 23.2 Å². The summed E-state index contributed by atoms with van der Waals surface area (Å²) in [4.78, 5) is 11.3. The number of nitrogens with one attached hydrogen (secondary N) is 1. The van der Waals surface area contributed by atoms with Gasteiger partial charge in [-0.25, -0.2) is 9.97 Å². The number of nitrogens with two attached hydrogens (primary N) is 2. The predicted molar refractivity (Wildman–Crippen MR) is 115 cm³/mol. The first-order chi connectivity index (χ1) is 13.6. The van der Waals surface area contributed by atoms with E-state index in [-0.39, 0.29) is 6.04 Å². The first-order valence-corrected chi connectivity index (χ1v) is 9.74. The van der Waals surface area contributed by atoms with Crippen molar-refractivity contribution >= 4 is 39.9 Å². The van der Waals surface area contributed by atoms with Gasteiger partial charge in [-0.15, -0.1) is 0 Å². The van der Waals surface area contributed by atoms with Crippen LogP contribution in [0.15, 0.2) is 54.6 Å². The summed E-state index contributed by atoms with van der Waals surface area (Å²) >= 11 is 12.4. The van der Waals surface area contributed by atoms with Crippen LogP contribution in [0.25, 0.3) is 22.0 Å². The molecule has 6 nitrogen and oxygen atoms in total. The maximum atomic E-state index is 6.27. The monoisotopic (exact) mass is 414 g/mol. The summed E-state index contributed by atoms with van der Waals surface area (Å²) in [5, 5.41) is 1.99. The van der Waals surface area contributed by atoms with Crippen LogP contribution < -0.4 is 21.9 Å². The third-order valence-electron chi connectivity index (χ3n) is 5.10. The second kappa shape index (κ2) is 7.83. The molecule has 1 saturated heterocycles. The van der Waals surface area contributed by atoms with Crippen LogP contribution in [0.2, 0.25) is 10.0 Å². The molecule has 5 N–H and O–H groups in total. The molecule has 1 unspecified atom stereocenters. The number of hydrogen-bond donors (Lipinski definition) is 3. The van der Waals surface area contributed by atoms with Gasteiger partial charge in [-0.2, -0.15) is 0 Å². The average molecular weight is 415 g/mol. The van der Waals surface area contributed by atoms with E-state index in [4.69, 9.17) is 34.8 Å². The molecule has 1 fully saturated rings. The van der Waals surface area contributed by atoms with Crippen molar-refractivity contribution in [3.8, 4) is 11.1 Å². The molecule has 28 heavy (non-hydrogen) atoms. The van der Waals surface area contributed by atoms with Crippen LogP contribution in [0.1, 0.15) is 12.8 Å². The van der Waals surface area contributed by atoms with E-state index in [1.54, 1.807) is 12.4 Å². The highest BCUT2D eigenvalue weighted by Crippen LogP contribution is 2.38. The maximum Gasteiger partial charge on any atom is 0.141 e. The minimum Gasteiger partial charge on any atom is -0.403 e. The Kier molecular flexibility index (Phi) is 5.26. The van der Waals surface area contributed by atoms with E-state index in [0.717, 1.165) is 52.9 Å². The molecule has 0 saturated carbocycles. The molecule has 0 amide bonds. The highest BCUT2D eigenvalue weighted by atomic mass is 35.5. The SMILES string of the molecule is N/C=C(\NN)C1CCCN1c1ncnc2cccc(-c3ccc(Cl)c(Cl)c3)c12. The molecule has 2 aromatic carbocycles. The van der Waals surface area contributed by atoms with Gasteiger partial charge in [0.1, 0.15) is 12.1 Å². The fourth-order valence-electron chi connectivity index (χ4n) is 3.81. The Morgan fingerprint density at radius 1 is 1.18 bits per heavy atom. The normalized spacial score (nSPS) is 17.3. The molecule has 2 heterocycles. The molecular formula is C20H20Cl2N6. The number of aromatic nitrogens is 2. The number of nitrogens with zero attached hydrogens (tertiary/aromatic N) is 3. The molecular weight excluding hydrogens is 395 g/mol. The van der Waals surface area contributed by atoms with Crippen molar-refractivity contribution < 1.29 is 0 Å². The number of hydrogen-bond acceptors (Lipinski definition) is 6. The van der Waals surface area contributed by atoms with Gasteiger partial charge in [-0.1, -0.05) is 41.4 Å². The van der Waals surface area contributed by atoms with E-state index in [0.29, 0.717) is 10.0 Å². The van der Waals surface area contributed by atoms with Gasteiger partial charge >= 0.3 is 0 Å². The van der Waals surface area contributed by atoms with E-state index in [9.17, 15) is 0 Å². The molecule has 0 aliphatic carbocycles. The second-order valence-electron chi connectivity index (χ2n) is 6.64. The molecule has 4 rings (SSSR count). The van der Waals surface area contributed by atoms with Crippen molar-refractivity contribution in [1.29, 1.82) is 0 Å². The van der Waals surface area contributed by atoms with Crippen LogP contribution in [-0.4, -0.2) is 22.6 Å². The smallest absolute Gasteiger partial charge is 0.141 e. The Hall–Kier alpha value is -2.54. The lowest BCUT2D eigenvalue weighted by molar-refractivity contribution is 0.675. The van der Waals surface area contributed by atoms with Gasteiger partial charge in [0, 0.05) is 12.7 Å². The van der Waals surface area contributed by atoms with Gasteiger partial charge in [0.2, 0.25) is 0 Å². The maximum absolute atomic E-state index is 6.27. The molecule has 1 aliphatic heterocycles. The standard InChI is InChI=1S/C20H20Cl2N6/c21-14-7-6-12(9-15(14)22)13-3-1-4-16-19(13)20(26-11-25-16)28-8-2-5-18(28)17(10-23)27-24/h1,3-4,6-7,9-11,18,27H,2,5,8,23-24H2/b17-10-. The van der Waals surface area contributed by atoms with E-state index >= 15 is 0 Å². The van der Waals surface area contributed by atoms with Crippen LogP contribution in [0.3, 0.4) is 0 Å². The van der Waals surface area contributed by atoms with Gasteiger partial charge in [0.15, 0.2) is 0 Å². The molecule has 1 aromatic heterocycles. The average Bonchev–Trinajstić information content (AvgIpc) is 3.19. The number of halogens is 2. The highest BCUT2D eigenvalue weighted by Gasteiger charge is 2.30. The molecule has 1 aliphatic rings. The third-order valence-corrected chi connectivity index (χ3v) is 5.84. The number of hydrazine groups is 1. The number of fused-ring (bicyclic) bond motifs is 1. The summed E-state index contributed by atoms with van der Waals surface area (Å²) in [5.74, 6) is 6.53. The predicted octanol–water partition coefficient (Wildman–Crippen LogP) is 3.84. The van der Waals surface area contributed by atoms with E-state index in [2.05, 4.69) is 20.3 Å². The lowest BCUT2D eigenvalue weighted by Gasteiger charge is -2.28. The topological polar surface area (TPSA) is 93.1 Å². The van der Waals surface area contributed by atoms with Gasteiger partial charge < -0.3 is 16.1 Å². The second-order valence-corrected chi connectivity index (χ2v) is 7.46. The number of anilines is 1. The zero-order chi connectivity index (χ0) is 19.7. The molecule has 3 aromatic rings. The quantitative estimate of drug-likeness (QED) is 0.443. The minimum atomic E-state index is 0.0370. The zero-order valence-corrected chi connectivity index (χ0v) is 16.6. The molecule has 1 atom stereocenters. The van der Waals surface area contributed by atoms with Gasteiger partial charge in [-0.05, 0) is 42.2 Å². The summed E-state index contributed by atoms with van der Waals surface area (Å²) < 4.78 is 0. The lowest BCUT2D eigenvalue weighted by Crippen LogP contribution is -2.39. The van der Waals surface area contributed by atoms with Crippen LogP contribution in [0.4, 0.5) is 5.82 Å². The Morgan fingerprint density at radius 3 is 2.79 bits per heavy atom. The van der Waals surface area contributed by atoms with Gasteiger partial charge in [0.25, 0.3) is 0 Å². The Balaban J connectivity index is 1.91. The van der Waals surface area contributed by atoms with E-state index in [1.165, 1.54) is 6.20 Å². The van der Waals surface area contributed by atoms with Crippen molar-refractivity contribution in [2.75, 3.05) is 11.4 Å². The van der Waals surface area contributed by atoms with Crippen molar-refractivity contribution in [3.05, 3.63) is 64.7 Å².